The minimum absolute atomic E-state index is 0.0119. The summed E-state index contributed by atoms with van der Waals surface area (Å²) >= 11 is 0. The average Bonchev–Trinajstić information content (AvgIpc) is 1.06. The van der Waals surface area contributed by atoms with E-state index in [0.29, 0.717) is 28.3 Å². The van der Waals surface area contributed by atoms with E-state index in [1.165, 1.54) is 21.9 Å². The van der Waals surface area contributed by atoms with E-state index >= 15 is 0 Å². The van der Waals surface area contributed by atoms with Crippen LogP contribution in [0.1, 0.15) is 95.5 Å². The third kappa shape index (κ3) is 8.32. The Balaban J connectivity index is 1.00. The molecule has 0 bridgehead atoms. The zero-order valence-corrected chi connectivity index (χ0v) is 52.9. The predicted octanol–water partition coefficient (Wildman–Crippen LogP) is 20.5. The van der Waals surface area contributed by atoms with Gasteiger partial charge in [0.25, 0.3) is 6.71 Å². The molecule has 0 spiro atoms. The van der Waals surface area contributed by atoms with E-state index in [2.05, 4.69) is 233 Å². The minimum Gasteiger partial charge on any atom is -0.311 e. The highest BCUT2D eigenvalue weighted by Crippen LogP contribution is 2.50. The lowest BCUT2D eigenvalue weighted by Crippen LogP contribution is -2.61. The van der Waals surface area contributed by atoms with Crippen LogP contribution in [0.2, 0.25) is 0 Å². The van der Waals surface area contributed by atoms with Gasteiger partial charge in [-0.05, 0) is 170 Å². The normalized spacial score (nSPS) is 14.4. The van der Waals surface area contributed by atoms with E-state index in [0.717, 1.165) is 94.4 Å². The Hall–Kier alpha value is -10.8. The summed E-state index contributed by atoms with van der Waals surface area (Å²) in [6.07, 6.45) is 0. The summed E-state index contributed by atoms with van der Waals surface area (Å²) in [7, 11) is 0. The number of nitriles is 1. The molecule has 0 radical (unpaired) electrons. The summed E-state index contributed by atoms with van der Waals surface area (Å²) in [5, 5.41) is 16.6. The molecule has 6 nitrogen and oxygen atoms in total. The molecule has 12 aromatic carbocycles. The fourth-order valence-electron chi connectivity index (χ4n) is 14.8. The Bertz CT molecular complexity index is 5920. The third-order valence-corrected chi connectivity index (χ3v) is 19.4. The maximum Gasteiger partial charge on any atom is 0.252 e. The molecule has 0 aliphatic carbocycles. The second-order valence-electron chi connectivity index (χ2n) is 27.9. The Morgan fingerprint density at radius 1 is 0.337 bits per heavy atom. The van der Waals surface area contributed by atoms with E-state index in [-0.39, 0.29) is 32.6 Å². The van der Waals surface area contributed by atoms with Crippen LogP contribution in [0.15, 0.2) is 255 Å². The van der Waals surface area contributed by atoms with Crippen LogP contribution in [0.4, 0.5) is 34.1 Å². The molecular formula is C85H69BN6. The van der Waals surface area contributed by atoms with Gasteiger partial charge in [0.15, 0.2) is 0 Å². The summed E-state index contributed by atoms with van der Waals surface area (Å²) in [5.41, 5.74) is 19.3. The molecule has 0 amide bonds. The van der Waals surface area contributed by atoms with Crippen molar-refractivity contribution in [2.75, 3.05) is 9.80 Å². The number of para-hydroxylation sites is 4. The molecule has 92 heavy (non-hydrogen) atoms. The summed E-state index contributed by atoms with van der Waals surface area (Å²) in [4.78, 5) is 4.63. The van der Waals surface area contributed by atoms with Crippen molar-refractivity contribution in [1.82, 2.24) is 13.7 Å². The first-order valence-corrected chi connectivity index (χ1v) is 31.7. The number of hydrogen-bond acceptors (Lipinski definition) is 3. The zero-order chi connectivity index (χ0) is 69.7. The number of aromatic nitrogens is 3. The van der Waals surface area contributed by atoms with Crippen molar-refractivity contribution < 1.29 is 11.0 Å². The van der Waals surface area contributed by atoms with Crippen LogP contribution in [0.25, 0.3) is 93.6 Å². The number of fused-ring (bicyclic) bond motifs is 13. The van der Waals surface area contributed by atoms with Gasteiger partial charge in [-0.2, -0.15) is 5.26 Å². The molecule has 442 valence electrons. The molecule has 5 heterocycles. The van der Waals surface area contributed by atoms with Crippen molar-refractivity contribution >= 4 is 123 Å². The Morgan fingerprint density at radius 2 is 0.793 bits per heavy atom. The van der Waals surface area contributed by atoms with Gasteiger partial charge in [0, 0.05) is 72.1 Å². The van der Waals surface area contributed by atoms with Crippen LogP contribution in [-0.2, 0) is 16.2 Å². The van der Waals surface area contributed by atoms with Crippen molar-refractivity contribution in [3.05, 3.63) is 277 Å². The largest absolute Gasteiger partial charge is 0.311 e. The molecule has 0 saturated carbocycles. The van der Waals surface area contributed by atoms with Gasteiger partial charge < -0.3 is 23.5 Å². The molecule has 2 aliphatic rings. The average molecular weight is 1190 g/mol. The van der Waals surface area contributed by atoms with Gasteiger partial charge in [0.05, 0.1) is 55.4 Å². The predicted molar refractivity (Wildman–Crippen MR) is 390 cm³/mol. The van der Waals surface area contributed by atoms with Crippen LogP contribution in [0.5, 0.6) is 0 Å². The number of benzene rings is 12. The monoisotopic (exact) mass is 1190 g/mol. The Morgan fingerprint density at radius 3 is 1.34 bits per heavy atom. The summed E-state index contributed by atoms with van der Waals surface area (Å²) in [6, 6.07) is 72.2. The maximum absolute atomic E-state index is 12.2. The van der Waals surface area contributed by atoms with Crippen molar-refractivity contribution in [3.63, 3.8) is 0 Å². The van der Waals surface area contributed by atoms with Crippen molar-refractivity contribution in [3.8, 4) is 34.3 Å². The summed E-state index contributed by atoms with van der Waals surface area (Å²) in [5.74, 6) is 0. The standard InChI is InChI=1S/C85H69BN6/c1-83(2,3)55-36-44-76-65(46-55)66-47-56(84(4,5)6)37-45-77(66)90(76)59-40-42-68-78(50-59)88(58-38-34-54(35-39-58)53-22-11-10-12-23-53)80-48-57(85(7,8)9)49-81-82(80)86(68)69-43-41-60(89-70-28-17-13-24-61(70)62-25-14-18-29-71(62)89)51-79(69)92(81)75-33-21-32-74(67(75)52-87)91-72-30-19-15-26-63(72)64-27-16-20-31-73(64)91/h10-51H,1-9H3/i13D,14D,17D,18D,24D,25D,28D,29D. The van der Waals surface area contributed by atoms with E-state index in [1.54, 1.807) is 4.57 Å². The van der Waals surface area contributed by atoms with E-state index in [9.17, 15) is 10.7 Å². The molecule has 3 aromatic heterocycles. The van der Waals surface area contributed by atoms with Crippen molar-refractivity contribution in [2.24, 2.45) is 0 Å². The maximum atomic E-state index is 12.2. The molecule has 17 rings (SSSR count). The van der Waals surface area contributed by atoms with Crippen LogP contribution >= 0.6 is 0 Å². The molecule has 15 aromatic rings. The fraction of sp³-hybridized carbons (Fsp3) is 0.141. The van der Waals surface area contributed by atoms with Gasteiger partial charge in [-0.1, -0.05) is 208 Å². The van der Waals surface area contributed by atoms with Gasteiger partial charge >= 0.3 is 0 Å². The fourth-order valence-corrected chi connectivity index (χ4v) is 14.8. The molecule has 0 unspecified atom stereocenters. The molecule has 0 N–H and O–H groups in total. The lowest BCUT2D eigenvalue weighted by atomic mass is 9.33. The smallest absolute Gasteiger partial charge is 0.252 e. The molecule has 2 aliphatic heterocycles. The molecule has 7 heteroatoms. The van der Waals surface area contributed by atoms with Gasteiger partial charge in [-0.25, -0.2) is 0 Å². The topological polar surface area (TPSA) is 45.1 Å². The van der Waals surface area contributed by atoms with E-state index < -0.39 is 60.5 Å². The number of nitrogens with zero attached hydrogens (tertiary/aromatic N) is 6. The van der Waals surface area contributed by atoms with Crippen LogP contribution < -0.4 is 26.2 Å². The van der Waals surface area contributed by atoms with Crippen molar-refractivity contribution in [1.29, 1.82) is 5.26 Å². The Kier molecular flexibility index (Phi) is 10.3. The summed E-state index contributed by atoms with van der Waals surface area (Å²) < 4.78 is 80.4. The van der Waals surface area contributed by atoms with Crippen molar-refractivity contribution in [2.45, 2.75) is 78.6 Å². The second kappa shape index (κ2) is 20.1. The first-order valence-electron chi connectivity index (χ1n) is 35.7. The lowest BCUT2D eigenvalue weighted by molar-refractivity contribution is 0.590. The molecular weight excluding hydrogens is 1120 g/mol. The molecule has 0 atom stereocenters. The highest BCUT2D eigenvalue weighted by atomic mass is 15.2. The van der Waals surface area contributed by atoms with E-state index in [1.807, 2.05) is 60.7 Å². The first-order chi connectivity index (χ1) is 47.8. The Labute approximate surface area is 549 Å². The summed E-state index contributed by atoms with van der Waals surface area (Å²) in [6.45, 7) is 19.8. The lowest BCUT2D eigenvalue weighted by Gasteiger charge is -2.45. The quantitative estimate of drug-likeness (QED) is 0.156. The van der Waals surface area contributed by atoms with Crippen LogP contribution in [0.3, 0.4) is 0 Å². The van der Waals surface area contributed by atoms with Crippen LogP contribution in [0, 0.1) is 11.3 Å². The SMILES string of the molecule is [2H]c1c([2H])c([2H])c2c(c1[2H])c1c([2H])c([2H])c([2H])c([2H])c1n2-c1ccc2c(c1)N(c1cccc(-n3c4ccccc4c4ccccc43)c1C#N)c1cc(C(C)(C)C)cc3c1B2c1ccc(-n2c4ccc(C(C)(C)C)cc4c4cc(C(C)(C)C)ccc42)cc1N3c1ccc(-c2ccccc2)cc1. The minimum atomic E-state index is -0.516. The van der Waals surface area contributed by atoms with Gasteiger partial charge in [-0.15, -0.1) is 0 Å². The first kappa shape index (κ1) is 47.2. The molecule has 0 saturated heterocycles. The van der Waals surface area contributed by atoms with Crippen LogP contribution in [-0.4, -0.2) is 20.4 Å². The third-order valence-electron chi connectivity index (χ3n) is 19.4. The number of anilines is 6. The zero-order valence-electron chi connectivity index (χ0n) is 60.9. The van der Waals surface area contributed by atoms with Gasteiger partial charge in [0.2, 0.25) is 0 Å². The van der Waals surface area contributed by atoms with E-state index in [4.69, 9.17) is 5.48 Å². The highest BCUT2D eigenvalue weighted by molar-refractivity contribution is 7.00. The number of hydrogen-bond donors (Lipinski definition) is 0. The van der Waals surface area contributed by atoms with Gasteiger partial charge in [-0.3, -0.25) is 0 Å². The second-order valence-corrected chi connectivity index (χ2v) is 27.9. The number of rotatable bonds is 6. The molecule has 0 fully saturated rings. The highest BCUT2D eigenvalue weighted by Gasteiger charge is 2.45. The van der Waals surface area contributed by atoms with Gasteiger partial charge in [0.1, 0.15) is 11.6 Å².